The Labute approximate surface area is 165 Å². The van der Waals surface area contributed by atoms with Crippen molar-refractivity contribution in [2.24, 2.45) is 11.8 Å². The summed E-state index contributed by atoms with van der Waals surface area (Å²) in [6.07, 6.45) is 14.7. The van der Waals surface area contributed by atoms with Crippen LogP contribution in [0.4, 0.5) is 0 Å². The van der Waals surface area contributed by atoms with Gasteiger partial charge in [0.2, 0.25) is 0 Å². The van der Waals surface area contributed by atoms with Crippen LogP contribution in [0.25, 0.3) is 0 Å². The van der Waals surface area contributed by atoms with Crippen LogP contribution in [0.5, 0.6) is 0 Å². The van der Waals surface area contributed by atoms with Crippen LogP contribution in [0.3, 0.4) is 0 Å². The molecule has 3 N–H and O–H groups in total. The number of Topliss-reactive ketones (excluding diaryl/α,β-unsaturated/α-hetero) is 1. The van der Waals surface area contributed by atoms with Gasteiger partial charge in [-0.25, -0.2) is 0 Å². The molecule has 0 unspecified atom stereocenters. The lowest BCUT2D eigenvalue weighted by Crippen LogP contribution is -2.24. The standard InChI is InChI=1S/C23H40O4/c1-4-6-11-15-23(3,27)16-14-20-19(21(25)17-22(20)26)13-10-8-7-9-12-18(24)5-2/h8,10,14,16,19-22,25-27H,4-7,9,11-13,15,17H2,1-3H3/b10-8-,16-14+/t19-,20-,21+,22-,23+/m1/s1. The average Bonchev–Trinajstić information content (AvgIpc) is 2.89. The smallest absolute Gasteiger partial charge is 0.132 e. The number of hydrogen-bond donors (Lipinski definition) is 3. The molecule has 0 bridgehead atoms. The first-order valence-corrected chi connectivity index (χ1v) is 10.7. The summed E-state index contributed by atoms with van der Waals surface area (Å²) in [6, 6.07) is 0. The van der Waals surface area contributed by atoms with Gasteiger partial charge in [0.25, 0.3) is 0 Å². The second-order valence-corrected chi connectivity index (χ2v) is 8.28. The lowest BCUT2D eigenvalue weighted by atomic mass is 9.88. The van der Waals surface area contributed by atoms with Crippen molar-refractivity contribution in [3.05, 3.63) is 24.3 Å². The highest BCUT2D eigenvalue weighted by molar-refractivity contribution is 5.77. The van der Waals surface area contributed by atoms with Gasteiger partial charge in [0.05, 0.1) is 17.8 Å². The van der Waals surface area contributed by atoms with Crippen molar-refractivity contribution in [2.75, 3.05) is 0 Å². The Kier molecular flexibility index (Phi) is 11.1. The molecule has 1 fully saturated rings. The molecule has 0 spiro atoms. The first kappa shape index (κ1) is 24.1. The van der Waals surface area contributed by atoms with Crippen molar-refractivity contribution in [3.63, 3.8) is 0 Å². The van der Waals surface area contributed by atoms with Crippen molar-refractivity contribution in [1.82, 2.24) is 0 Å². The van der Waals surface area contributed by atoms with Gasteiger partial charge in [0.15, 0.2) is 0 Å². The summed E-state index contributed by atoms with van der Waals surface area (Å²) in [7, 11) is 0. The van der Waals surface area contributed by atoms with Crippen LogP contribution in [0.1, 0.15) is 85.0 Å². The van der Waals surface area contributed by atoms with E-state index in [4.69, 9.17) is 0 Å². The third-order valence-electron chi connectivity index (χ3n) is 5.68. The highest BCUT2D eigenvalue weighted by Crippen LogP contribution is 2.37. The van der Waals surface area contributed by atoms with E-state index in [1.807, 2.05) is 26.0 Å². The number of ketones is 1. The fourth-order valence-corrected chi connectivity index (χ4v) is 3.81. The van der Waals surface area contributed by atoms with Gasteiger partial charge in [0.1, 0.15) is 5.78 Å². The summed E-state index contributed by atoms with van der Waals surface area (Å²) in [5, 5.41) is 31.1. The van der Waals surface area contributed by atoms with E-state index in [1.165, 1.54) is 0 Å². The van der Waals surface area contributed by atoms with Crippen LogP contribution >= 0.6 is 0 Å². The predicted molar refractivity (Wildman–Crippen MR) is 110 cm³/mol. The molecule has 0 aromatic heterocycles. The Balaban J connectivity index is 2.54. The first-order valence-electron chi connectivity index (χ1n) is 10.7. The maximum atomic E-state index is 11.3. The molecule has 1 saturated carbocycles. The summed E-state index contributed by atoms with van der Waals surface area (Å²) in [6.45, 7) is 5.84. The van der Waals surface area contributed by atoms with Crippen LogP contribution in [0, 0.1) is 11.8 Å². The molecule has 0 aliphatic heterocycles. The number of aliphatic hydroxyl groups is 3. The van der Waals surface area contributed by atoms with Crippen molar-refractivity contribution >= 4 is 5.78 Å². The third kappa shape index (κ3) is 9.18. The van der Waals surface area contributed by atoms with E-state index >= 15 is 0 Å². The Bertz CT molecular complexity index is 481. The van der Waals surface area contributed by atoms with Crippen molar-refractivity contribution in [1.29, 1.82) is 0 Å². The van der Waals surface area contributed by atoms with Gasteiger partial charge in [0, 0.05) is 25.2 Å². The molecular weight excluding hydrogens is 340 g/mol. The predicted octanol–water partition coefficient (Wildman–Crippen LogP) is 4.33. The van der Waals surface area contributed by atoms with E-state index in [1.54, 1.807) is 0 Å². The SMILES string of the molecule is CCCCC[C@](C)(O)/C=C/[C@@H]1[C@@H](C/C=C\CCCC(=O)CC)[C@@H](O)C[C@H]1O. The number of carbonyl (C=O) groups is 1. The van der Waals surface area contributed by atoms with Crippen LogP contribution in [0.2, 0.25) is 0 Å². The zero-order chi connectivity index (χ0) is 20.3. The van der Waals surface area contributed by atoms with Crippen LogP contribution in [-0.4, -0.2) is 38.9 Å². The highest BCUT2D eigenvalue weighted by Gasteiger charge is 2.39. The summed E-state index contributed by atoms with van der Waals surface area (Å²) < 4.78 is 0. The zero-order valence-corrected chi connectivity index (χ0v) is 17.4. The van der Waals surface area contributed by atoms with Crippen LogP contribution in [0.15, 0.2) is 24.3 Å². The Hall–Kier alpha value is -0.970. The lowest BCUT2D eigenvalue weighted by molar-refractivity contribution is -0.118. The molecule has 0 amide bonds. The number of rotatable bonds is 13. The molecule has 0 radical (unpaired) electrons. The van der Waals surface area contributed by atoms with E-state index in [9.17, 15) is 20.1 Å². The summed E-state index contributed by atoms with van der Waals surface area (Å²) in [5.74, 6) is 0.133. The molecule has 4 heteroatoms. The molecule has 1 aliphatic carbocycles. The van der Waals surface area contributed by atoms with Crippen molar-refractivity contribution in [3.8, 4) is 0 Å². The number of carbonyl (C=O) groups excluding carboxylic acids is 1. The van der Waals surface area contributed by atoms with E-state index in [-0.39, 0.29) is 11.8 Å². The lowest BCUT2D eigenvalue weighted by Gasteiger charge is -2.23. The number of aliphatic hydroxyl groups excluding tert-OH is 2. The second-order valence-electron chi connectivity index (χ2n) is 8.28. The summed E-state index contributed by atoms with van der Waals surface area (Å²) in [5.41, 5.74) is -0.866. The van der Waals surface area contributed by atoms with Gasteiger partial charge in [-0.3, -0.25) is 4.79 Å². The molecule has 4 nitrogen and oxygen atoms in total. The van der Waals surface area contributed by atoms with Gasteiger partial charge in [-0.1, -0.05) is 57.4 Å². The molecular formula is C23H40O4. The molecule has 0 saturated heterocycles. The minimum atomic E-state index is -0.866. The highest BCUT2D eigenvalue weighted by atomic mass is 16.3. The van der Waals surface area contributed by atoms with Gasteiger partial charge in [-0.2, -0.15) is 0 Å². The van der Waals surface area contributed by atoms with Gasteiger partial charge in [-0.15, -0.1) is 0 Å². The Morgan fingerprint density at radius 3 is 2.52 bits per heavy atom. The fraction of sp³-hybridized carbons (Fsp3) is 0.783. The monoisotopic (exact) mass is 380 g/mol. The third-order valence-corrected chi connectivity index (χ3v) is 5.68. The molecule has 156 valence electrons. The topological polar surface area (TPSA) is 77.8 Å². The first-order chi connectivity index (χ1) is 12.8. The Morgan fingerprint density at radius 2 is 1.85 bits per heavy atom. The number of allylic oxidation sites excluding steroid dienone is 2. The molecule has 0 aromatic carbocycles. The maximum absolute atomic E-state index is 11.3. The van der Waals surface area contributed by atoms with Crippen LogP contribution < -0.4 is 0 Å². The molecule has 1 rings (SSSR count). The molecule has 27 heavy (non-hydrogen) atoms. The largest absolute Gasteiger partial charge is 0.393 e. The fourth-order valence-electron chi connectivity index (χ4n) is 3.81. The van der Waals surface area contributed by atoms with Crippen molar-refractivity contribution < 1.29 is 20.1 Å². The van der Waals surface area contributed by atoms with Crippen molar-refractivity contribution in [2.45, 2.75) is 103 Å². The minimum absolute atomic E-state index is 0.0313. The van der Waals surface area contributed by atoms with E-state index in [0.29, 0.717) is 37.9 Å². The molecule has 5 atom stereocenters. The molecule has 1 aliphatic rings. The van der Waals surface area contributed by atoms with Crippen LogP contribution in [-0.2, 0) is 4.79 Å². The maximum Gasteiger partial charge on any atom is 0.132 e. The number of hydrogen-bond acceptors (Lipinski definition) is 4. The van der Waals surface area contributed by atoms with Gasteiger partial charge in [-0.05, 0) is 38.5 Å². The van der Waals surface area contributed by atoms with Gasteiger partial charge < -0.3 is 15.3 Å². The quantitative estimate of drug-likeness (QED) is 0.328. The average molecular weight is 381 g/mol. The molecule has 0 aromatic rings. The number of unbranched alkanes of at least 4 members (excludes halogenated alkanes) is 3. The summed E-state index contributed by atoms with van der Waals surface area (Å²) >= 11 is 0. The Morgan fingerprint density at radius 1 is 1.11 bits per heavy atom. The van der Waals surface area contributed by atoms with E-state index in [2.05, 4.69) is 19.1 Å². The molecule has 0 heterocycles. The van der Waals surface area contributed by atoms with E-state index in [0.717, 1.165) is 32.1 Å². The normalized spacial score (nSPS) is 28.2. The van der Waals surface area contributed by atoms with E-state index < -0.39 is 17.8 Å². The summed E-state index contributed by atoms with van der Waals surface area (Å²) in [4.78, 5) is 11.3. The second kappa shape index (κ2) is 12.5. The minimum Gasteiger partial charge on any atom is -0.393 e. The zero-order valence-electron chi connectivity index (χ0n) is 17.4. The van der Waals surface area contributed by atoms with Gasteiger partial charge >= 0.3 is 0 Å².